The Kier molecular flexibility index (Phi) is 3.85. The number of aryl methyl sites for hydroxylation is 1. The molecule has 2 rings (SSSR count). The van der Waals surface area contributed by atoms with Gasteiger partial charge in [-0.15, -0.1) is 0 Å². The Morgan fingerprint density at radius 2 is 1.79 bits per heavy atom. The maximum atomic E-state index is 12.4. The van der Waals surface area contributed by atoms with Crippen LogP contribution in [-0.4, -0.2) is 20.1 Å². The molecule has 0 unspecified atom stereocenters. The molecule has 0 radical (unpaired) electrons. The summed E-state index contributed by atoms with van der Waals surface area (Å²) in [5.74, 6) is 0.678. The molecule has 98 valence electrons. The molecule has 0 aliphatic rings. The number of hydrogen-bond acceptors (Lipinski definition) is 2. The van der Waals surface area contributed by atoms with Crippen LogP contribution in [-0.2, 0) is 0 Å². The smallest absolute Gasteiger partial charge is 0.258 e. The molecule has 0 aliphatic carbocycles. The van der Waals surface area contributed by atoms with Gasteiger partial charge < -0.3 is 9.64 Å². The van der Waals surface area contributed by atoms with E-state index in [1.165, 1.54) is 0 Å². The summed E-state index contributed by atoms with van der Waals surface area (Å²) >= 11 is 0. The van der Waals surface area contributed by atoms with Crippen LogP contribution in [0.4, 0.5) is 5.69 Å². The topological polar surface area (TPSA) is 29.5 Å². The van der Waals surface area contributed by atoms with Crippen LogP contribution in [0.3, 0.4) is 0 Å². The molecule has 0 aliphatic heterocycles. The van der Waals surface area contributed by atoms with E-state index in [0.29, 0.717) is 5.56 Å². The summed E-state index contributed by atoms with van der Waals surface area (Å²) in [5.41, 5.74) is 2.50. The van der Waals surface area contributed by atoms with Crippen molar-refractivity contribution in [1.29, 1.82) is 0 Å². The summed E-state index contributed by atoms with van der Waals surface area (Å²) in [6.07, 6.45) is 0. The van der Waals surface area contributed by atoms with Crippen molar-refractivity contribution in [2.75, 3.05) is 19.1 Å². The maximum Gasteiger partial charge on any atom is 0.258 e. The van der Waals surface area contributed by atoms with E-state index in [4.69, 9.17) is 4.74 Å². The largest absolute Gasteiger partial charge is 0.496 e. The predicted octanol–water partition coefficient (Wildman–Crippen LogP) is 3.28. The molecule has 2 aromatic carbocycles. The first-order chi connectivity index (χ1) is 9.13. The molecule has 0 spiro atoms. The second-order valence-electron chi connectivity index (χ2n) is 4.38. The standard InChI is InChI=1S/C16H17NO2/c1-12-9-10-13(11-15(12)19-3)16(18)17(2)14-7-5-4-6-8-14/h4-11H,1-3H3. The van der Waals surface area contributed by atoms with Crippen molar-refractivity contribution in [2.24, 2.45) is 0 Å². The molecule has 0 fully saturated rings. The van der Waals surface area contributed by atoms with Crippen LogP contribution in [0.1, 0.15) is 15.9 Å². The van der Waals surface area contributed by atoms with Gasteiger partial charge in [-0.25, -0.2) is 0 Å². The van der Waals surface area contributed by atoms with E-state index in [-0.39, 0.29) is 5.91 Å². The van der Waals surface area contributed by atoms with Crippen molar-refractivity contribution >= 4 is 11.6 Å². The number of carbonyl (C=O) groups excluding carboxylic acids is 1. The lowest BCUT2D eigenvalue weighted by molar-refractivity contribution is 0.0992. The van der Waals surface area contributed by atoms with Crippen LogP contribution in [0, 0.1) is 6.92 Å². The molecule has 3 nitrogen and oxygen atoms in total. The minimum atomic E-state index is -0.0514. The molecule has 19 heavy (non-hydrogen) atoms. The summed E-state index contributed by atoms with van der Waals surface area (Å²) in [5, 5.41) is 0. The van der Waals surface area contributed by atoms with Crippen molar-refractivity contribution < 1.29 is 9.53 Å². The molecule has 0 heterocycles. The minimum absolute atomic E-state index is 0.0514. The minimum Gasteiger partial charge on any atom is -0.496 e. The van der Waals surface area contributed by atoms with Gasteiger partial charge in [-0.3, -0.25) is 4.79 Å². The Morgan fingerprint density at radius 1 is 1.11 bits per heavy atom. The Labute approximate surface area is 113 Å². The molecule has 3 heteroatoms. The first kappa shape index (κ1) is 13.1. The van der Waals surface area contributed by atoms with Crippen LogP contribution >= 0.6 is 0 Å². The summed E-state index contributed by atoms with van der Waals surface area (Å²) < 4.78 is 5.25. The van der Waals surface area contributed by atoms with Crippen molar-refractivity contribution in [2.45, 2.75) is 6.92 Å². The average molecular weight is 255 g/mol. The van der Waals surface area contributed by atoms with E-state index in [1.54, 1.807) is 25.1 Å². The van der Waals surface area contributed by atoms with Crippen LogP contribution in [0.2, 0.25) is 0 Å². The fourth-order valence-electron chi connectivity index (χ4n) is 1.92. The quantitative estimate of drug-likeness (QED) is 0.842. The number of anilines is 1. The van der Waals surface area contributed by atoms with Gasteiger partial charge in [0, 0.05) is 18.3 Å². The van der Waals surface area contributed by atoms with Crippen LogP contribution in [0.25, 0.3) is 0 Å². The monoisotopic (exact) mass is 255 g/mol. The molecule has 1 amide bonds. The number of ether oxygens (including phenoxy) is 1. The highest BCUT2D eigenvalue weighted by atomic mass is 16.5. The van der Waals surface area contributed by atoms with Gasteiger partial charge >= 0.3 is 0 Å². The Balaban J connectivity index is 2.29. The third kappa shape index (κ3) is 2.76. The van der Waals surface area contributed by atoms with Gasteiger partial charge in [-0.05, 0) is 36.8 Å². The van der Waals surface area contributed by atoms with Gasteiger partial charge in [0.25, 0.3) is 5.91 Å². The number of rotatable bonds is 3. The fourth-order valence-corrected chi connectivity index (χ4v) is 1.92. The van der Waals surface area contributed by atoms with Gasteiger partial charge in [0.2, 0.25) is 0 Å². The Bertz CT molecular complexity index is 579. The number of nitrogens with zero attached hydrogens (tertiary/aromatic N) is 1. The normalized spacial score (nSPS) is 10.1. The second-order valence-corrected chi connectivity index (χ2v) is 4.38. The van der Waals surface area contributed by atoms with Gasteiger partial charge in [0.15, 0.2) is 0 Å². The average Bonchev–Trinajstić information content (AvgIpc) is 2.47. The molecule has 2 aromatic rings. The van der Waals surface area contributed by atoms with Crippen molar-refractivity contribution in [3.05, 3.63) is 59.7 Å². The van der Waals surface area contributed by atoms with E-state index < -0.39 is 0 Å². The lowest BCUT2D eigenvalue weighted by atomic mass is 10.1. The molecule has 0 saturated heterocycles. The van der Waals surface area contributed by atoms with Crippen molar-refractivity contribution in [1.82, 2.24) is 0 Å². The fraction of sp³-hybridized carbons (Fsp3) is 0.188. The molecular weight excluding hydrogens is 238 g/mol. The summed E-state index contributed by atoms with van der Waals surface area (Å²) in [6.45, 7) is 1.95. The lowest BCUT2D eigenvalue weighted by Crippen LogP contribution is -2.26. The molecular formula is C16H17NO2. The predicted molar refractivity (Wildman–Crippen MR) is 76.9 cm³/mol. The highest BCUT2D eigenvalue weighted by Crippen LogP contribution is 2.21. The number of para-hydroxylation sites is 1. The maximum absolute atomic E-state index is 12.4. The van der Waals surface area contributed by atoms with Crippen molar-refractivity contribution in [3.8, 4) is 5.75 Å². The number of carbonyl (C=O) groups is 1. The van der Waals surface area contributed by atoms with Gasteiger partial charge in [-0.2, -0.15) is 0 Å². The third-order valence-corrected chi connectivity index (χ3v) is 3.10. The van der Waals surface area contributed by atoms with Crippen LogP contribution in [0.15, 0.2) is 48.5 Å². The van der Waals surface area contributed by atoms with E-state index in [0.717, 1.165) is 17.0 Å². The first-order valence-corrected chi connectivity index (χ1v) is 6.11. The number of amides is 1. The molecule has 0 bridgehead atoms. The number of benzene rings is 2. The Hall–Kier alpha value is -2.29. The highest BCUT2D eigenvalue weighted by Gasteiger charge is 2.14. The van der Waals surface area contributed by atoms with Gasteiger partial charge in [0.1, 0.15) is 5.75 Å². The summed E-state index contributed by atoms with van der Waals surface area (Å²) in [6, 6.07) is 15.1. The van der Waals surface area contributed by atoms with Gasteiger partial charge in [-0.1, -0.05) is 24.3 Å². The van der Waals surface area contributed by atoms with E-state index >= 15 is 0 Å². The SMILES string of the molecule is COc1cc(C(=O)N(C)c2ccccc2)ccc1C. The molecule has 0 N–H and O–H groups in total. The number of methoxy groups -OCH3 is 1. The lowest BCUT2D eigenvalue weighted by Gasteiger charge is -2.18. The zero-order chi connectivity index (χ0) is 13.8. The zero-order valence-electron chi connectivity index (χ0n) is 11.4. The van der Waals surface area contributed by atoms with Crippen LogP contribution in [0.5, 0.6) is 5.75 Å². The summed E-state index contributed by atoms with van der Waals surface area (Å²) in [4.78, 5) is 14.0. The molecule has 0 atom stereocenters. The van der Waals surface area contributed by atoms with E-state index in [9.17, 15) is 4.79 Å². The first-order valence-electron chi connectivity index (χ1n) is 6.11. The Morgan fingerprint density at radius 3 is 2.42 bits per heavy atom. The van der Waals surface area contributed by atoms with Crippen LogP contribution < -0.4 is 9.64 Å². The van der Waals surface area contributed by atoms with Gasteiger partial charge in [0.05, 0.1) is 7.11 Å². The van der Waals surface area contributed by atoms with E-state index in [1.807, 2.05) is 49.4 Å². The summed E-state index contributed by atoms with van der Waals surface area (Å²) in [7, 11) is 3.38. The molecule has 0 saturated carbocycles. The second kappa shape index (κ2) is 5.57. The zero-order valence-corrected chi connectivity index (χ0v) is 11.4. The number of hydrogen-bond donors (Lipinski definition) is 0. The van der Waals surface area contributed by atoms with E-state index in [2.05, 4.69) is 0 Å². The van der Waals surface area contributed by atoms with Crippen molar-refractivity contribution in [3.63, 3.8) is 0 Å². The third-order valence-electron chi connectivity index (χ3n) is 3.10. The highest BCUT2D eigenvalue weighted by molar-refractivity contribution is 6.06. The molecule has 0 aromatic heterocycles.